The molecule has 130 valence electrons. The monoisotopic (exact) mass is 327 g/mol. The Morgan fingerprint density at radius 2 is 1.71 bits per heavy atom. The molecule has 1 atom stereocenters. The summed E-state index contributed by atoms with van der Waals surface area (Å²) in [6.07, 6.45) is 3.13. The molecule has 0 saturated heterocycles. The molecular formula is C21H29NO2. The normalized spacial score (nSPS) is 12.0. The second-order valence-corrected chi connectivity index (χ2v) is 5.99. The molecule has 2 rings (SSSR count). The summed E-state index contributed by atoms with van der Waals surface area (Å²) >= 11 is 0. The number of hydrogen-bond acceptors (Lipinski definition) is 3. The van der Waals surface area contributed by atoms with Crippen LogP contribution in [0.4, 0.5) is 0 Å². The Bertz CT molecular complexity index is 612. The Morgan fingerprint density at radius 3 is 2.42 bits per heavy atom. The van der Waals surface area contributed by atoms with Gasteiger partial charge in [-0.25, -0.2) is 0 Å². The van der Waals surface area contributed by atoms with E-state index in [2.05, 4.69) is 37.3 Å². The van der Waals surface area contributed by atoms with Gasteiger partial charge in [-0.05, 0) is 61.7 Å². The van der Waals surface area contributed by atoms with Gasteiger partial charge in [-0.3, -0.25) is 0 Å². The quantitative estimate of drug-likeness (QED) is 0.651. The lowest BCUT2D eigenvalue weighted by Crippen LogP contribution is -2.15. The average molecular weight is 327 g/mol. The lowest BCUT2D eigenvalue weighted by molar-refractivity contribution is 0.309. The minimum Gasteiger partial charge on any atom is -0.494 e. The third kappa shape index (κ3) is 5.57. The van der Waals surface area contributed by atoms with Gasteiger partial charge in [0.1, 0.15) is 11.5 Å². The van der Waals surface area contributed by atoms with Crippen LogP contribution < -0.4 is 15.2 Å². The fourth-order valence-corrected chi connectivity index (χ4v) is 2.74. The van der Waals surface area contributed by atoms with Crippen LogP contribution in [0.1, 0.15) is 43.7 Å². The first-order valence-electron chi connectivity index (χ1n) is 8.91. The number of benzene rings is 2. The second-order valence-electron chi connectivity index (χ2n) is 5.99. The van der Waals surface area contributed by atoms with E-state index in [4.69, 9.17) is 15.2 Å². The van der Waals surface area contributed by atoms with E-state index in [1.54, 1.807) is 0 Å². The van der Waals surface area contributed by atoms with E-state index in [9.17, 15) is 0 Å². The van der Waals surface area contributed by atoms with Crippen molar-refractivity contribution in [2.45, 2.75) is 39.0 Å². The SMILES string of the molecule is CCCCOc1cccc(CC(CN)c2cccc(OCC)c2)c1. The van der Waals surface area contributed by atoms with Crippen LogP contribution in [0.5, 0.6) is 11.5 Å². The van der Waals surface area contributed by atoms with Crippen molar-refractivity contribution in [3.05, 3.63) is 59.7 Å². The standard InChI is InChI=1S/C21H29NO2/c1-3-5-12-24-20-10-6-8-17(14-20)13-19(16-22)18-9-7-11-21(15-18)23-4-2/h6-11,14-15,19H,3-5,12-13,16,22H2,1-2H3. The molecule has 0 aliphatic heterocycles. The maximum atomic E-state index is 6.04. The smallest absolute Gasteiger partial charge is 0.119 e. The minimum atomic E-state index is 0.274. The topological polar surface area (TPSA) is 44.5 Å². The van der Waals surface area contributed by atoms with Crippen molar-refractivity contribution in [2.75, 3.05) is 19.8 Å². The van der Waals surface area contributed by atoms with E-state index in [1.165, 1.54) is 11.1 Å². The molecule has 1 unspecified atom stereocenters. The zero-order valence-electron chi connectivity index (χ0n) is 14.8. The lowest BCUT2D eigenvalue weighted by atomic mass is 9.92. The Balaban J connectivity index is 2.07. The lowest BCUT2D eigenvalue weighted by Gasteiger charge is -2.17. The molecule has 3 nitrogen and oxygen atoms in total. The summed E-state index contributed by atoms with van der Waals surface area (Å²) in [7, 11) is 0. The van der Waals surface area contributed by atoms with Crippen molar-refractivity contribution < 1.29 is 9.47 Å². The van der Waals surface area contributed by atoms with Crippen LogP contribution in [0, 0.1) is 0 Å². The van der Waals surface area contributed by atoms with Gasteiger partial charge in [-0.1, -0.05) is 37.6 Å². The first kappa shape index (κ1) is 18.3. The van der Waals surface area contributed by atoms with Crippen LogP contribution >= 0.6 is 0 Å². The molecule has 0 aromatic heterocycles. The van der Waals surface area contributed by atoms with Crippen molar-refractivity contribution in [2.24, 2.45) is 5.73 Å². The van der Waals surface area contributed by atoms with Gasteiger partial charge in [0.25, 0.3) is 0 Å². The first-order chi connectivity index (χ1) is 11.8. The van der Waals surface area contributed by atoms with Crippen molar-refractivity contribution in [3.8, 4) is 11.5 Å². The van der Waals surface area contributed by atoms with Gasteiger partial charge >= 0.3 is 0 Å². The van der Waals surface area contributed by atoms with Crippen molar-refractivity contribution in [1.29, 1.82) is 0 Å². The van der Waals surface area contributed by atoms with Gasteiger partial charge in [0.05, 0.1) is 13.2 Å². The van der Waals surface area contributed by atoms with Gasteiger partial charge in [-0.15, -0.1) is 0 Å². The largest absolute Gasteiger partial charge is 0.494 e. The van der Waals surface area contributed by atoms with Gasteiger partial charge in [0.2, 0.25) is 0 Å². The summed E-state index contributed by atoms with van der Waals surface area (Å²) in [6.45, 7) is 6.22. The summed E-state index contributed by atoms with van der Waals surface area (Å²) in [4.78, 5) is 0. The van der Waals surface area contributed by atoms with E-state index < -0.39 is 0 Å². The molecule has 2 aromatic carbocycles. The predicted molar refractivity (Wildman–Crippen MR) is 100.0 cm³/mol. The van der Waals surface area contributed by atoms with Crippen LogP contribution in [0.2, 0.25) is 0 Å². The Hall–Kier alpha value is -2.00. The molecule has 0 radical (unpaired) electrons. The maximum Gasteiger partial charge on any atom is 0.119 e. The van der Waals surface area contributed by atoms with Crippen LogP contribution in [-0.2, 0) is 6.42 Å². The number of rotatable bonds is 10. The molecular weight excluding hydrogens is 298 g/mol. The summed E-state index contributed by atoms with van der Waals surface area (Å²) in [5.74, 6) is 2.13. The van der Waals surface area contributed by atoms with Gasteiger partial charge < -0.3 is 15.2 Å². The van der Waals surface area contributed by atoms with E-state index in [1.807, 2.05) is 25.1 Å². The fourth-order valence-electron chi connectivity index (χ4n) is 2.74. The van der Waals surface area contributed by atoms with E-state index in [0.29, 0.717) is 13.2 Å². The third-order valence-electron chi connectivity index (χ3n) is 4.07. The van der Waals surface area contributed by atoms with E-state index >= 15 is 0 Å². The highest BCUT2D eigenvalue weighted by Gasteiger charge is 2.12. The zero-order chi connectivity index (χ0) is 17.2. The molecule has 0 amide bonds. The van der Waals surface area contributed by atoms with Crippen LogP contribution in [-0.4, -0.2) is 19.8 Å². The predicted octanol–water partition coefficient (Wildman–Crippen LogP) is 4.55. The highest BCUT2D eigenvalue weighted by Crippen LogP contribution is 2.25. The number of unbranched alkanes of at least 4 members (excludes halogenated alkanes) is 1. The van der Waals surface area contributed by atoms with Crippen molar-refractivity contribution in [1.82, 2.24) is 0 Å². The molecule has 0 spiro atoms. The summed E-state index contributed by atoms with van der Waals surface area (Å²) in [6, 6.07) is 16.6. The van der Waals surface area contributed by atoms with E-state index in [0.717, 1.165) is 37.4 Å². The Morgan fingerprint density at radius 1 is 0.958 bits per heavy atom. The highest BCUT2D eigenvalue weighted by molar-refractivity contribution is 5.34. The van der Waals surface area contributed by atoms with Crippen molar-refractivity contribution in [3.63, 3.8) is 0 Å². The zero-order valence-corrected chi connectivity index (χ0v) is 14.8. The molecule has 0 bridgehead atoms. The van der Waals surface area contributed by atoms with Crippen LogP contribution in [0.3, 0.4) is 0 Å². The molecule has 0 heterocycles. The average Bonchev–Trinajstić information content (AvgIpc) is 2.61. The molecule has 2 aromatic rings. The molecule has 0 aliphatic rings. The second kappa shape index (κ2) is 9.99. The number of nitrogens with two attached hydrogens (primary N) is 1. The van der Waals surface area contributed by atoms with Gasteiger partial charge in [-0.2, -0.15) is 0 Å². The fraction of sp³-hybridized carbons (Fsp3) is 0.429. The van der Waals surface area contributed by atoms with Crippen molar-refractivity contribution >= 4 is 0 Å². The van der Waals surface area contributed by atoms with Gasteiger partial charge in [0, 0.05) is 5.92 Å². The molecule has 0 aliphatic carbocycles. The Kier molecular flexibility index (Phi) is 7.63. The minimum absolute atomic E-state index is 0.274. The summed E-state index contributed by atoms with van der Waals surface area (Å²) in [5.41, 5.74) is 8.51. The molecule has 0 saturated carbocycles. The first-order valence-corrected chi connectivity index (χ1v) is 8.91. The summed E-state index contributed by atoms with van der Waals surface area (Å²) in [5, 5.41) is 0. The van der Waals surface area contributed by atoms with Crippen LogP contribution in [0.15, 0.2) is 48.5 Å². The van der Waals surface area contributed by atoms with Crippen LogP contribution in [0.25, 0.3) is 0 Å². The molecule has 24 heavy (non-hydrogen) atoms. The van der Waals surface area contributed by atoms with E-state index in [-0.39, 0.29) is 5.92 Å². The molecule has 3 heteroatoms. The molecule has 0 fully saturated rings. The Labute approximate surface area is 145 Å². The molecule has 2 N–H and O–H groups in total. The highest BCUT2D eigenvalue weighted by atomic mass is 16.5. The maximum absolute atomic E-state index is 6.04. The number of ether oxygens (including phenoxy) is 2. The van der Waals surface area contributed by atoms with Gasteiger partial charge in [0.15, 0.2) is 0 Å². The summed E-state index contributed by atoms with van der Waals surface area (Å²) < 4.78 is 11.4. The third-order valence-corrected chi connectivity index (χ3v) is 4.07. The number of hydrogen-bond donors (Lipinski definition) is 1.